The molecule has 1 aromatic heterocycles. The number of benzene rings is 1. The van der Waals surface area contributed by atoms with Gasteiger partial charge in [0.15, 0.2) is 11.5 Å². The Bertz CT molecular complexity index is 769. The molecule has 0 unspecified atom stereocenters. The summed E-state index contributed by atoms with van der Waals surface area (Å²) in [7, 11) is 1.67. The molecule has 1 aliphatic heterocycles. The molecule has 1 N–H and O–H groups in total. The second kappa shape index (κ2) is 7.08. The predicted molar refractivity (Wildman–Crippen MR) is 97.8 cm³/mol. The van der Waals surface area contributed by atoms with Crippen molar-refractivity contribution in [2.75, 3.05) is 33.4 Å². The van der Waals surface area contributed by atoms with E-state index in [4.69, 9.17) is 9.47 Å². The van der Waals surface area contributed by atoms with Crippen LogP contribution in [0.3, 0.4) is 0 Å². The Morgan fingerprint density at radius 3 is 2.68 bits per heavy atom. The summed E-state index contributed by atoms with van der Waals surface area (Å²) in [5, 5.41) is 11.3. The van der Waals surface area contributed by atoms with Crippen LogP contribution in [0.2, 0.25) is 0 Å². The first-order chi connectivity index (χ1) is 12.3. The SMILES string of the molecule is COc1cc2c3c(c(O)nc2cc1OCCCN1CCCC1)CCC3. The summed E-state index contributed by atoms with van der Waals surface area (Å²) in [4.78, 5) is 6.88. The third-order valence-electron chi connectivity index (χ3n) is 5.40. The Balaban J connectivity index is 1.53. The van der Waals surface area contributed by atoms with E-state index in [-0.39, 0.29) is 5.88 Å². The van der Waals surface area contributed by atoms with Crippen molar-refractivity contribution in [2.45, 2.75) is 38.5 Å². The molecule has 1 aromatic carbocycles. The molecule has 0 radical (unpaired) electrons. The fourth-order valence-electron chi connectivity index (χ4n) is 4.10. The highest BCUT2D eigenvalue weighted by molar-refractivity contribution is 5.88. The Kier molecular flexibility index (Phi) is 4.66. The van der Waals surface area contributed by atoms with Gasteiger partial charge >= 0.3 is 0 Å². The number of pyridine rings is 1. The van der Waals surface area contributed by atoms with Gasteiger partial charge in [0.25, 0.3) is 0 Å². The third-order valence-corrected chi connectivity index (χ3v) is 5.40. The number of aryl methyl sites for hydroxylation is 1. The quantitative estimate of drug-likeness (QED) is 0.816. The van der Waals surface area contributed by atoms with Crippen LogP contribution in [0.1, 0.15) is 36.8 Å². The summed E-state index contributed by atoms with van der Waals surface area (Å²) in [6.45, 7) is 4.18. The molecule has 0 amide bonds. The molecular formula is C20H26N2O3. The maximum atomic E-state index is 10.2. The third kappa shape index (κ3) is 3.25. The van der Waals surface area contributed by atoms with Crippen molar-refractivity contribution < 1.29 is 14.6 Å². The first-order valence-electron chi connectivity index (χ1n) is 9.34. The van der Waals surface area contributed by atoms with Crippen LogP contribution in [0.5, 0.6) is 17.4 Å². The molecule has 2 heterocycles. The van der Waals surface area contributed by atoms with E-state index in [1.807, 2.05) is 12.1 Å². The number of methoxy groups -OCH3 is 1. The largest absolute Gasteiger partial charge is 0.493 e. The van der Waals surface area contributed by atoms with E-state index in [1.165, 1.54) is 31.5 Å². The maximum absolute atomic E-state index is 10.2. The van der Waals surface area contributed by atoms with Crippen LogP contribution in [0.4, 0.5) is 0 Å². The zero-order valence-electron chi connectivity index (χ0n) is 14.9. The highest BCUT2D eigenvalue weighted by Gasteiger charge is 2.21. The molecule has 5 nitrogen and oxygen atoms in total. The zero-order chi connectivity index (χ0) is 17.2. The fraction of sp³-hybridized carbons (Fsp3) is 0.550. The van der Waals surface area contributed by atoms with Gasteiger partial charge in [0.05, 0.1) is 19.2 Å². The van der Waals surface area contributed by atoms with Gasteiger partial charge in [-0.3, -0.25) is 0 Å². The fourth-order valence-corrected chi connectivity index (χ4v) is 4.10. The van der Waals surface area contributed by atoms with Crippen molar-refractivity contribution in [2.24, 2.45) is 0 Å². The minimum absolute atomic E-state index is 0.171. The van der Waals surface area contributed by atoms with Crippen molar-refractivity contribution in [3.63, 3.8) is 0 Å². The number of aromatic nitrogens is 1. The van der Waals surface area contributed by atoms with E-state index in [0.29, 0.717) is 12.4 Å². The summed E-state index contributed by atoms with van der Waals surface area (Å²) in [6, 6.07) is 3.92. The number of nitrogens with zero attached hydrogens (tertiary/aromatic N) is 2. The zero-order valence-corrected chi connectivity index (χ0v) is 14.9. The lowest BCUT2D eigenvalue weighted by Crippen LogP contribution is -2.21. The number of rotatable bonds is 6. The normalized spacial score (nSPS) is 17.2. The highest BCUT2D eigenvalue weighted by Crippen LogP contribution is 2.39. The van der Waals surface area contributed by atoms with Crippen LogP contribution in [-0.4, -0.2) is 48.3 Å². The molecule has 0 bridgehead atoms. The van der Waals surface area contributed by atoms with Gasteiger partial charge in [-0.25, -0.2) is 4.98 Å². The summed E-state index contributed by atoms with van der Waals surface area (Å²) >= 11 is 0. The van der Waals surface area contributed by atoms with E-state index in [0.717, 1.165) is 54.4 Å². The average molecular weight is 342 g/mol. The lowest BCUT2D eigenvalue weighted by Gasteiger charge is -2.16. The molecule has 1 saturated heterocycles. The van der Waals surface area contributed by atoms with Crippen molar-refractivity contribution in [1.82, 2.24) is 9.88 Å². The summed E-state index contributed by atoms with van der Waals surface area (Å²) in [5.41, 5.74) is 2.99. The number of hydrogen-bond acceptors (Lipinski definition) is 5. The van der Waals surface area contributed by atoms with Gasteiger partial charge in [-0.1, -0.05) is 0 Å². The van der Waals surface area contributed by atoms with Crippen LogP contribution in [-0.2, 0) is 12.8 Å². The number of aromatic hydroxyl groups is 1. The smallest absolute Gasteiger partial charge is 0.214 e. The Labute approximate surface area is 148 Å². The monoisotopic (exact) mass is 342 g/mol. The molecule has 0 spiro atoms. The Morgan fingerprint density at radius 2 is 1.88 bits per heavy atom. The molecular weight excluding hydrogens is 316 g/mol. The number of likely N-dealkylation sites (tertiary alicyclic amines) is 1. The van der Waals surface area contributed by atoms with Crippen molar-refractivity contribution >= 4 is 10.9 Å². The van der Waals surface area contributed by atoms with Crippen LogP contribution >= 0.6 is 0 Å². The Morgan fingerprint density at radius 1 is 1.08 bits per heavy atom. The molecule has 0 atom stereocenters. The van der Waals surface area contributed by atoms with Crippen molar-refractivity contribution in [3.8, 4) is 17.4 Å². The lowest BCUT2D eigenvalue weighted by molar-refractivity contribution is 0.254. The second-order valence-corrected chi connectivity index (χ2v) is 7.02. The van der Waals surface area contributed by atoms with Crippen LogP contribution in [0.25, 0.3) is 10.9 Å². The maximum Gasteiger partial charge on any atom is 0.214 e. The van der Waals surface area contributed by atoms with Crippen LogP contribution in [0, 0.1) is 0 Å². The van der Waals surface area contributed by atoms with Gasteiger partial charge in [-0.15, -0.1) is 0 Å². The van der Waals surface area contributed by atoms with Gasteiger partial charge in [0.2, 0.25) is 5.88 Å². The lowest BCUT2D eigenvalue weighted by atomic mass is 10.0. The average Bonchev–Trinajstić information content (AvgIpc) is 3.30. The number of ether oxygens (including phenoxy) is 2. The van der Waals surface area contributed by atoms with E-state index in [9.17, 15) is 5.11 Å². The van der Waals surface area contributed by atoms with Gasteiger partial charge in [-0.2, -0.15) is 0 Å². The van der Waals surface area contributed by atoms with Crippen LogP contribution in [0.15, 0.2) is 12.1 Å². The van der Waals surface area contributed by atoms with Crippen molar-refractivity contribution in [1.29, 1.82) is 0 Å². The molecule has 0 saturated carbocycles. The van der Waals surface area contributed by atoms with E-state index in [2.05, 4.69) is 9.88 Å². The number of fused-ring (bicyclic) bond motifs is 3. The summed E-state index contributed by atoms with van der Waals surface area (Å²) < 4.78 is 11.5. The molecule has 1 fully saturated rings. The molecule has 134 valence electrons. The van der Waals surface area contributed by atoms with Gasteiger partial charge in [-0.05, 0) is 63.2 Å². The first kappa shape index (κ1) is 16.5. The van der Waals surface area contributed by atoms with Gasteiger partial charge in [0, 0.05) is 23.6 Å². The summed E-state index contributed by atoms with van der Waals surface area (Å²) in [6.07, 6.45) is 6.60. The highest BCUT2D eigenvalue weighted by atomic mass is 16.5. The van der Waals surface area contributed by atoms with E-state index in [1.54, 1.807) is 7.11 Å². The number of hydrogen-bond donors (Lipinski definition) is 1. The molecule has 25 heavy (non-hydrogen) atoms. The van der Waals surface area contributed by atoms with E-state index >= 15 is 0 Å². The first-order valence-corrected chi connectivity index (χ1v) is 9.34. The predicted octanol–water partition coefficient (Wildman–Crippen LogP) is 3.30. The standard InChI is InChI=1S/C20H26N2O3/c1-24-18-12-16-14-6-4-7-15(14)20(23)21-17(16)13-19(18)25-11-5-10-22-8-2-3-9-22/h12-13H,2-11H2,1H3,(H,21,23). The van der Waals surface area contributed by atoms with Gasteiger partial charge in [0.1, 0.15) is 0 Å². The summed E-state index contributed by atoms with van der Waals surface area (Å²) in [5.74, 6) is 1.63. The molecule has 4 rings (SSSR count). The molecule has 5 heteroatoms. The Hall–Kier alpha value is -2.01. The van der Waals surface area contributed by atoms with Gasteiger partial charge < -0.3 is 19.5 Å². The minimum atomic E-state index is 0.171. The minimum Gasteiger partial charge on any atom is -0.493 e. The van der Waals surface area contributed by atoms with Crippen LogP contribution < -0.4 is 9.47 Å². The molecule has 2 aromatic rings. The molecule has 1 aliphatic carbocycles. The molecule has 2 aliphatic rings. The van der Waals surface area contributed by atoms with E-state index < -0.39 is 0 Å². The second-order valence-electron chi connectivity index (χ2n) is 7.02. The topological polar surface area (TPSA) is 54.8 Å². The van der Waals surface area contributed by atoms with Crippen molar-refractivity contribution in [3.05, 3.63) is 23.3 Å².